The Balaban J connectivity index is 1.99. The largest absolute Gasteiger partial charge is 0.0801 e. The first kappa shape index (κ1) is 28.2. The highest BCUT2D eigenvalue weighted by molar-refractivity contribution is 5.86. The molecule has 0 spiro atoms. The first-order chi connectivity index (χ1) is 20.0. The van der Waals surface area contributed by atoms with Gasteiger partial charge in [-0.15, -0.1) is 0 Å². The minimum atomic E-state index is -0.0618. The second kappa shape index (κ2) is 10.4. The second-order valence-corrected chi connectivity index (χ2v) is 14.3. The van der Waals surface area contributed by atoms with E-state index in [1.165, 1.54) is 71.0 Å². The van der Waals surface area contributed by atoms with Gasteiger partial charge in [0.1, 0.15) is 0 Å². The lowest BCUT2D eigenvalue weighted by Crippen LogP contribution is -2.29. The van der Waals surface area contributed by atoms with Gasteiger partial charge in [0.15, 0.2) is 0 Å². The van der Waals surface area contributed by atoms with Crippen molar-refractivity contribution in [3.63, 3.8) is 0 Å². The smallest absolute Gasteiger partial charge is 0.000709 e. The maximum Gasteiger partial charge on any atom is -0.000709 e. The Morgan fingerprint density at radius 3 is 1.88 bits per heavy atom. The zero-order valence-electron chi connectivity index (χ0n) is 26.5. The van der Waals surface area contributed by atoms with Crippen LogP contribution in [0.25, 0.3) is 17.2 Å². The van der Waals surface area contributed by atoms with Gasteiger partial charge < -0.3 is 0 Å². The minimum absolute atomic E-state index is 0.0618. The van der Waals surface area contributed by atoms with Gasteiger partial charge in [0.25, 0.3) is 0 Å². The average molecular weight is 548 g/mol. The Morgan fingerprint density at radius 1 is 0.762 bits per heavy atom. The Morgan fingerprint density at radius 2 is 1.38 bits per heavy atom. The lowest BCUT2D eigenvalue weighted by molar-refractivity contribution is 0.573. The van der Waals surface area contributed by atoms with E-state index in [1.807, 2.05) is 0 Å². The molecule has 4 aromatic carbocycles. The number of benzene rings is 4. The van der Waals surface area contributed by atoms with Crippen LogP contribution in [-0.2, 0) is 10.8 Å². The summed E-state index contributed by atoms with van der Waals surface area (Å²) in [6.07, 6.45) is 11.8. The van der Waals surface area contributed by atoms with E-state index in [0.717, 1.165) is 6.42 Å². The van der Waals surface area contributed by atoms with Gasteiger partial charge in [-0.25, -0.2) is 0 Å². The van der Waals surface area contributed by atoms with E-state index < -0.39 is 0 Å². The molecular weight excluding hydrogens is 504 g/mol. The molecular formula is C42H43. The molecule has 2 aliphatic carbocycles. The van der Waals surface area contributed by atoms with Crippen LogP contribution in [-0.4, -0.2) is 0 Å². The first-order valence-corrected chi connectivity index (χ1v) is 15.5. The molecule has 0 unspecified atom stereocenters. The fourth-order valence-electron chi connectivity index (χ4n) is 6.87. The summed E-state index contributed by atoms with van der Waals surface area (Å²) in [5.41, 5.74) is 12.1. The molecule has 0 saturated heterocycles. The van der Waals surface area contributed by atoms with Gasteiger partial charge in [0.05, 0.1) is 0 Å². The van der Waals surface area contributed by atoms with E-state index in [9.17, 15) is 0 Å². The Bertz CT molecular complexity index is 1910. The van der Waals surface area contributed by atoms with Crippen LogP contribution < -0.4 is 10.4 Å². The van der Waals surface area contributed by atoms with Crippen molar-refractivity contribution >= 4 is 17.2 Å². The second-order valence-electron chi connectivity index (χ2n) is 14.3. The number of fused-ring (bicyclic) bond motifs is 2. The maximum atomic E-state index is 4.03. The van der Waals surface area contributed by atoms with Gasteiger partial charge >= 0.3 is 0 Å². The molecule has 0 heteroatoms. The van der Waals surface area contributed by atoms with E-state index >= 15 is 0 Å². The van der Waals surface area contributed by atoms with Gasteiger partial charge in [-0.05, 0) is 106 Å². The van der Waals surface area contributed by atoms with E-state index in [0.29, 0.717) is 5.92 Å². The van der Waals surface area contributed by atoms with Gasteiger partial charge in [-0.3, -0.25) is 0 Å². The SMILES string of the molecule is CC(C)c1c(C(C)(C)C)c(C2=CC=CC2)c2c(c1=C(c1ccccc1)c1ccccc1)=c1ccc(C(C)(C)C)cc1=[C]2. The lowest BCUT2D eigenvalue weighted by Gasteiger charge is -2.31. The highest BCUT2D eigenvalue weighted by Crippen LogP contribution is 2.41. The molecule has 0 heterocycles. The molecule has 0 N–H and O–H groups in total. The summed E-state index contributed by atoms with van der Waals surface area (Å²) in [6, 6.07) is 29.1. The third kappa shape index (κ3) is 4.82. The molecule has 0 aliphatic heterocycles. The van der Waals surface area contributed by atoms with Gasteiger partial charge in [0, 0.05) is 0 Å². The molecule has 0 amide bonds. The molecule has 0 bridgehead atoms. The van der Waals surface area contributed by atoms with Crippen molar-refractivity contribution < 1.29 is 0 Å². The van der Waals surface area contributed by atoms with Crippen LogP contribution >= 0.6 is 0 Å². The van der Waals surface area contributed by atoms with Crippen molar-refractivity contribution in [2.45, 2.75) is 78.6 Å². The summed E-state index contributed by atoms with van der Waals surface area (Å²) in [4.78, 5) is 0. The fraction of sp³-hybridized carbons (Fsp3) is 0.286. The van der Waals surface area contributed by atoms with Crippen LogP contribution in [0.2, 0.25) is 0 Å². The van der Waals surface area contributed by atoms with Crippen LogP contribution in [0.4, 0.5) is 0 Å². The Kier molecular flexibility index (Phi) is 7.01. The Labute approximate surface area is 252 Å². The highest BCUT2D eigenvalue weighted by Gasteiger charge is 2.31. The summed E-state index contributed by atoms with van der Waals surface area (Å²) in [5, 5.41) is 5.22. The molecule has 0 aromatic heterocycles. The molecule has 4 aromatic rings. The average Bonchev–Trinajstić information content (AvgIpc) is 3.61. The fourth-order valence-corrected chi connectivity index (χ4v) is 6.87. The van der Waals surface area contributed by atoms with Crippen molar-refractivity contribution in [2.75, 3.05) is 0 Å². The number of allylic oxidation sites excluding steroid dienone is 4. The molecule has 1 radical (unpaired) electrons. The van der Waals surface area contributed by atoms with E-state index in [1.54, 1.807) is 0 Å². The normalized spacial score (nSPS) is 14.1. The number of hydrogen-bond acceptors (Lipinski definition) is 0. The van der Waals surface area contributed by atoms with Gasteiger partial charge in [-0.2, -0.15) is 0 Å². The van der Waals surface area contributed by atoms with E-state index in [2.05, 4.69) is 159 Å². The summed E-state index contributed by atoms with van der Waals surface area (Å²) in [6.45, 7) is 18.8. The molecule has 0 fully saturated rings. The van der Waals surface area contributed by atoms with Gasteiger partial charge in [-0.1, -0.05) is 146 Å². The standard InChI is InChI=1S/C42H43/c1-27(2)35-39(36(28-17-11-9-12-18-28)29-19-13-10-14-20-29)38-33-24-23-32(41(3,4)5)25-31(33)26-34(38)37(30-21-15-16-22-30)40(35)42(6,7)8/h9-21,23-25,27H,22H2,1-8H3. The topological polar surface area (TPSA) is 0 Å². The van der Waals surface area contributed by atoms with Crippen LogP contribution in [0.3, 0.4) is 0 Å². The highest BCUT2D eigenvalue weighted by atomic mass is 14.3. The minimum Gasteiger partial charge on any atom is -0.0801 e. The maximum absolute atomic E-state index is 4.03. The van der Waals surface area contributed by atoms with Crippen LogP contribution in [0.1, 0.15) is 107 Å². The van der Waals surface area contributed by atoms with Crippen LogP contribution in [0, 0.1) is 10.4 Å². The quantitative estimate of drug-likeness (QED) is 0.210. The third-order valence-electron chi connectivity index (χ3n) is 8.75. The monoisotopic (exact) mass is 547 g/mol. The molecule has 2 aliphatic rings. The van der Waals surface area contributed by atoms with Crippen LogP contribution in [0.15, 0.2) is 97.1 Å². The van der Waals surface area contributed by atoms with Crippen molar-refractivity contribution in [3.8, 4) is 0 Å². The van der Waals surface area contributed by atoms with Crippen LogP contribution in [0.5, 0.6) is 0 Å². The van der Waals surface area contributed by atoms with Crippen molar-refractivity contribution in [1.29, 1.82) is 0 Å². The summed E-state index contributed by atoms with van der Waals surface area (Å²) < 4.78 is 0. The summed E-state index contributed by atoms with van der Waals surface area (Å²) in [7, 11) is 0. The molecule has 6 rings (SSSR count). The first-order valence-electron chi connectivity index (χ1n) is 15.5. The van der Waals surface area contributed by atoms with E-state index in [-0.39, 0.29) is 10.8 Å². The number of hydrogen-bond donors (Lipinski definition) is 0. The Hall–Kier alpha value is -3.90. The molecule has 0 atom stereocenters. The predicted octanol–water partition coefficient (Wildman–Crippen LogP) is 9.30. The van der Waals surface area contributed by atoms with Crippen molar-refractivity contribution in [1.82, 2.24) is 0 Å². The summed E-state index contributed by atoms with van der Waals surface area (Å²) in [5.74, 6) is 0.327. The molecule has 211 valence electrons. The van der Waals surface area contributed by atoms with Crippen molar-refractivity contribution in [2.24, 2.45) is 0 Å². The lowest BCUT2D eigenvalue weighted by atomic mass is 9.72. The van der Waals surface area contributed by atoms with E-state index in [4.69, 9.17) is 0 Å². The van der Waals surface area contributed by atoms with Gasteiger partial charge in [0.2, 0.25) is 0 Å². The third-order valence-corrected chi connectivity index (χ3v) is 8.75. The molecule has 42 heavy (non-hydrogen) atoms. The zero-order valence-corrected chi connectivity index (χ0v) is 26.5. The predicted molar refractivity (Wildman–Crippen MR) is 180 cm³/mol. The molecule has 0 saturated carbocycles. The zero-order chi connectivity index (χ0) is 29.8. The number of rotatable bonds is 4. The van der Waals surface area contributed by atoms with Crippen molar-refractivity contribution in [3.05, 3.63) is 157 Å². The molecule has 0 nitrogen and oxygen atoms in total. The summed E-state index contributed by atoms with van der Waals surface area (Å²) >= 11 is 0.